The molecule has 0 aromatic carbocycles. The van der Waals surface area contributed by atoms with Crippen LogP contribution in [-0.4, -0.2) is 35.7 Å². The monoisotopic (exact) mass is 261 g/mol. The van der Waals surface area contributed by atoms with Crippen molar-refractivity contribution < 1.29 is 9.47 Å². The quantitative estimate of drug-likeness (QED) is 0.625. The Kier molecular flexibility index (Phi) is 1.78. The van der Waals surface area contributed by atoms with Crippen molar-refractivity contribution in [2.45, 2.75) is 0 Å². The second kappa shape index (κ2) is 2.62. The van der Waals surface area contributed by atoms with Crippen LogP contribution in [0.25, 0.3) is 0 Å². The van der Waals surface area contributed by atoms with Crippen LogP contribution in [0.3, 0.4) is 0 Å². The molecule has 0 spiro atoms. The van der Waals surface area contributed by atoms with E-state index in [0.29, 0.717) is 13.2 Å². The molecule has 1 aromatic rings. The minimum atomic E-state index is 0.694. The summed E-state index contributed by atoms with van der Waals surface area (Å²) in [6.45, 7) is 1.39. The molecule has 1 aliphatic rings. The Morgan fingerprint density at radius 3 is 3.00 bits per heavy atom. The number of rotatable bonds is 0. The number of hydrogen-bond donors (Lipinski definition) is 0. The van der Waals surface area contributed by atoms with E-state index in [4.69, 9.17) is 9.47 Å². The molecule has 0 saturated heterocycles. The Bertz CT molecular complexity index is 246. The van der Waals surface area contributed by atoms with Gasteiger partial charge in [0.15, 0.2) is 0 Å². The molecule has 2 heterocycles. The molecule has 2 nitrogen and oxygen atoms in total. The fraction of sp³-hybridized carbons (Fsp3) is 0.333. The summed E-state index contributed by atoms with van der Waals surface area (Å²) >= 11 is 3.11. The predicted octanol–water partition coefficient (Wildman–Crippen LogP) is 0.313. The Hall–Kier alpha value is 0.0987. The summed E-state index contributed by atoms with van der Waals surface area (Å²) in [6, 6.07) is 0. The fourth-order valence-corrected chi connectivity index (χ4v) is 2.59. The first kappa shape index (κ1) is 6.79. The van der Waals surface area contributed by atoms with Gasteiger partial charge in [0.2, 0.25) is 0 Å². The molecule has 51 valence electrons. The Morgan fingerprint density at radius 1 is 1.40 bits per heavy atom. The zero-order chi connectivity index (χ0) is 6.97. The average molecular weight is 260 g/mol. The van der Waals surface area contributed by atoms with E-state index in [1.807, 2.05) is 5.38 Å². The van der Waals surface area contributed by atoms with E-state index >= 15 is 0 Å². The molecule has 0 saturated carbocycles. The fourth-order valence-electron chi connectivity index (χ4n) is 0.863. The molecule has 0 N–H and O–H groups in total. The first-order valence-electron chi connectivity index (χ1n) is 2.96. The van der Waals surface area contributed by atoms with Crippen molar-refractivity contribution in [3.63, 3.8) is 0 Å². The van der Waals surface area contributed by atoms with Crippen molar-refractivity contribution in [2.75, 3.05) is 13.2 Å². The summed E-state index contributed by atoms with van der Waals surface area (Å²) in [6.07, 6.45) is 0. The molecule has 1 aromatic heterocycles. The van der Waals surface area contributed by atoms with E-state index < -0.39 is 0 Å². The van der Waals surface area contributed by atoms with Crippen molar-refractivity contribution in [1.29, 1.82) is 0 Å². The average Bonchev–Trinajstić information content (AvgIpc) is 2.34. The molecular formula is C6H5O2SSn. The first-order valence-corrected chi connectivity index (χ1v) is 5.27. The summed E-state index contributed by atoms with van der Waals surface area (Å²) in [4.78, 5) is 0. The van der Waals surface area contributed by atoms with Crippen LogP contribution in [0.4, 0.5) is 0 Å². The molecule has 10 heavy (non-hydrogen) atoms. The van der Waals surface area contributed by atoms with Crippen LogP contribution >= 0.6 is 11.3 Å². The molecule has 1 aliphatic heterocycles. The van der Waals surface area contributed by atoms with Crippen molar-refractivity contribution in [3.05, 3.63) is 5.38 Å². The van der Waals surface area contributed by atoms with Gasteiger partial charge in [0.1, 0.15) is 0 Å². The van der Waals surface area contributed by atoms with E-state index in [0.717, 1.165) is 11.5 Å². The Morgan fingerprint density at radius 2 is 2.20 bits per heavy atom. The summed E-state index contributed by atoms with van der Waals surface area (Å²) in [5.74, 6) is 1.91. The van der Waals surface area contributed by atoms with Gasteiger partial charge in [-0.2, -0.15) is 0 Å². The molecule has 4 heteroatoms. The van der Waals surface area contributed by atoms with E-state index in [2.05, 4.69) is 0 Å². The molecular weight excluding hydrogens is 255 g/mol. The van der Waals surface area contributed by atoms with Gasteiger partial charge in [-0.05, 0) is 0 Å². The van der Waals surface area contributed by atoms with E-state index in [-0.39, 0.29) is 0 Å². The zero-order valence-corrected chi connectivity index (χ0v) is 8.89. The molecule has 0 amide bonds. The predicted molar refractivity (Wildman–Crippen MR) is 40.7 cm³/mol. The Balaban J connectivity index is 2.45. The van der Waals surface area contributed by atoms with E-state index in [1.54, 1.807) is 11.3 Å². The summed E-state index contributed by atoms with van der Waals surface area (Å²) in [5, 5.41) is 2.01. The van der Waals surface area contributed by atoms with Gasteiger partial charge >= 0.3 is 76.3 Å². The van der Waals surface area contributed by atoms with Crippen LogP contribution in [0.1, 0.15) is 0 Å². The van der Waals surface area contributed by atoms with Gasteiger partial charge < -0.3 is 0 Å². The van der Waals surface area contributed by atoms with Crippen LogP contribution < -0.4 is 12.4 Å². The van der Waals surface area contributed by atoms with Crippen molar-refractivity contribution in [3.8, 4) is 11.5 Å². The van der Waals surface area contributed by atoms with Crippen molar-refractivity contribution in [1.82, 2.24) is 0 Å². The van der Waals surface area contributed by atoms with E-state index in [9.17, 15) is 0 Å². The van der Waals surface area contributed by atoms with Crippen molar-refractivity contribution >= 4 is 36.8 Å². The van der Waals surface area contributed by atoms with Gasteiger partial charge in [-0.1, -0.05) is 0 Å². The van der Waals surface area contributed by atoms with Gasteiger partial charge in [0.25, 0.3) is 0 Å². The number of thiophene rings is 1. The zero-order valence-electron chi connectivity index (χ0n) is 5.22. The molecule has 3 radical (unpaired) electrons. The second-order valence-electron chi connectivity index (χ2n) is 1.96. The standard InChI is InChI=1S/C6H5O2S.Sn/c1-2-8-6-4-9-3-5(6)7-1;/h3H,1-2H2;. The van der Waals surface area contributed by atoms with Crippen LogP contribution in [0.15, 0.2) is 5.38 Å². The SMILES string of the molecule is [Sn][c]1scc2c1OCCO2. The maximum atomic E-state index is 5.40. The number of fused-ring (bicyclic) bond motifs is 1. The summed E-state index contributed by atoms with van der Waals surface area (Å²) in [7, 11) is 0. The topological polar surface area (TPSA) is 18.5 Å². The van der Waals surface area contributed by atoms with Gasteiger partial charge in [-0.15, -0.1) is 0 Å². The second-order valence-corrected chi connectivity index (χ2v) is 5.30. The van der Waals surface area contributed by atoms with Crippen LogP contribution in [0, 0.1) is 0 Å². The summed E-state index contributed by atoms with van der Waals surface area (Å²) in [5.41, 5.74) is 0. The third kappa shape index (κ3) is 1.01. The van der Waals surface area contributed by atoms with Gasteiger partial charge in [0, 0.05) is 0 Å². The molecule has 2 rings (SSSR count). The maximum absolute atomic E-state index is 5.40. The Labute approximate surface area is 76.2 Å². The minimum absolute atomic E-state index is 0.694. The number of ether oxygens (including phenoxy) is 2. The molecule has 0 aliphatic carbocycles. The third-order valence-corrected chi connectivity index (χ3v) is 3.71. The van der Waals surface area contributed by atoms with Crippen LogP contribution in [-0.2, 0) is 0 Å². The third-order valence-electron chi connectivity index (χ3n) is 1.30. The van der Waals surface area contributed by atoms with Crippen LogP contribution in [0.2, 0.25) is 0 Å². The molecule has 0 fully saturated rings. The van der Waals surface area contributed by atoms with Gasteiger partial charge in [0.05, 0.1) is 0 Å². The molecule has 0 bridgehead atoms. The van der Waals surface area contributed by atoms with Gasteiger partial charge in [-0.3, -0.25) is 0 Å². The normalized spacial score (nSPS) is 15.3. The van der Waals surface area contributed by atoms with Gasteiger partial charge in [-0.25, -0.2) is 0 Å². The van der Waals surface area contributed by atoms with E-state index in [1.165, 1.54) is 25.4 Å². The number of hydrogen-bond acceptors (Lipinski definition) is 3. The molecule has 0 unspecified atom stereocenters. The van der Waals surface area contributed by atoms with Crippen molar-refractivity contribution in [2.24, 2.45) is 0 Å². The van der Waals surface area contributed by atoms with Crippen LogP contribution in [0.5, 0.6) is 11.5 Å². The molecule has 0 atom stereocenters. The first-order chi connectivity index (χ1) is 4.88. The summed E-state index contributed by atoms with van der Waals surface area (Å²) < 4.78 is 12.0.